The number of carbonyl (C=O) groups is 1. The van der Waals surface area contributed by atoms with E-state index in [4.69, 9.17) is 4.74 Å². The minimum absolute atomic E-state index is 0. The zero-order valence-electron chi connectivity index (χ0n) is 14.6. The van der Waals surface area contributed by atoms with Gasteiger partial charge in [0.1, 0.15) is 0 Å². The molecule has 7 heteroatoms. The summed E-state index contributed by atoms with van der Waals surface area (Å²) in [5.74, 6) is 0.883. The molecular weight excluding hydrogens is 337 g/mol. The number of amides is 1. The lowest BCUT2D eigenvalue weighted by Crippen LogP contribution is -2.55. The SMILES string of the molecule is CC1CCCN(C(C)(C)CNC(=O)CC2COCCN2)C1.Cl.Cl. The third-order valence-corrected chi connectivity index (χ3v) is 4.66. The van der Waals surface area contributed by atoms with Gasteiger partial charge in [-0.3, -0.25) is 9.69 Å². The Morgan fingerprint density at radius 1 is 1.39 bits per heavy atom. The van der Waals surface area contributed by atoms with Gasteiger partial charge in [-0.15, -0.1) is 24.8 Å². The summed E-state index contributed by atoms with van der Waals surface area (Å²) in [4.78, 5) is 14.6. The van der Waals surface area contributed by atoms with Crippen LogP contribution in [0.4, 0.5) is 0 Å². The summed E-state index contributed by atoms with van der Waals surface area (Å²) in [5, 5.41) is 6.43. The number of nitrogens with zero attached hydrogens (tertiary/aromatic N) is 1. The molecule has 0 saturated carbocycles. The topological polar surface area (TPSA) is 53.6 Å². The van der Waals surface area contributed by atoms with E-state index in [1.165, 1.54) is 12.8 Å². The zero-order chi connectivity index (χ0) is 15.3. The van der Waals surface area contributed by atoms with E-state index in [1.807, 2.05) is 0 Å². The van der Waals surface area contributed by atoms with E-state index in [0.29, 0.717) is 19.6 Å². The molecule has 2 aliphatic heterocycles. The molecule has 2 atom stereocenters. The number of carbonyl (C=O) groups excluding carboxylic acids is 1. The molecule has 0 spiro atoms. The van der Waals surface area contributed by atoms with Gasteiger partial charge in [-0.1, -0.05) is 6.92 Å². The Bertz CT molecular complexity index is 350. The average Bonchev–Trinajstić information content (AvgIpc) is 2.46. The second-order valence-electron chi connectivity index (χ2n) is 7.21. The first-order valence-electron chi connectivity index (χ1n) is 8.30. The molecule has 1 amide bonds. The first kappa shape index (κ1) is 22.9. The van der Waals surface area contributed by atoms with E-state index in [1.54, 1.807) is 0 Å². The predicted molar refractivity (Wildman–Crippen MR) is 98.8 cm³/mol. The Labute approximate surface area is 153 Å². The van der Waals surface area contributed by atoms with Crippen molar-refractivity contribution in [1.29, 1.82) is 0 Å². The molecule has 2 aliphatic rings. The van der Waals surface area contributed by atoms with Crippen LogP contribution in [0.1, 0.15) is 40.0 Å². The molecule has 2 heterocycles. The van der Waals surface area contributed by atoms with Crippen molar-refractivity contribution in [1.82, 2.24) is 15.5 Å². The van der Waals surface area contributed by atoms with E-state index < -0.39 is 0 Å². The highest BCUT2D eigenvalue weighted by atomic mass is 35.5. The van der Waals surface area contributed by atoms with Crippen LogP contribution < -0.4 is 10.6 Å². The van der Waals surface area contributed by atoms with Crippen LogP contribution in [-0.2, 0) is 9.53 Å². The molecule has 0 aromatic rings. The quantitative estimate of drug-likeness (QED) is 0.776. The summed E-state index contributed by atoms with van der Waals surface area (Å²) >= 11 is 0. The fourth-order valence-corrected chi connectivity index (χ4v) is 3.21. The summed E-state index contributed by atoms with van der Waals surface area (Å²) < 4.78 is 5.38. The number of hydrogen-bond donors (Lipinski definition) is 2. The molecule has 0 aliphatic carbocycles. The Kier molecular flexibility index (Phi) is 10.7. The number of halogens is 2. The van der Waals surface area contributed by atoms with Gasteiger partial charge in [-0.2, -0.15) is 0 Å². The van der Waals surface area contributed by atoms with Gasteiger partial charge in [0.15, 0.2) is 0 Å². The monoisotopic (exact) mass is 369 g/mol. The summed E-state index contributed by atoms with van der Waals surface area (Å²) in [6, 6.07) is 0.164. The van der Waals surface area contributed by atoms with Crippen molar-refractivity contribution in [2.75, 3.05) is 39.4 Å². The molecule has 2 unspecified atom stereocenters. The molecule has 5 nitrogen and oxygen atoms in total. The molecule has 2 N–H and O–H groups in total. The first-order chi connectivity index (χ1) is 9.97. The van der Waals surface area contributed by atoms with Crippen LogP contribution in [-0.4, -0.2) is 61.8 Å². The Morgan fingerprint density at radius 3 is 2.74 bits per heavy atom. The minimum Gasteiger partial charge on any atom is -0.378 e. The first-order valence-corrected chi connectivity index (χ1v) is 8.30. The van der Waals surface area contributed by atoms with Crippen LogP contribution in [0.15, 0.2) is 0 Å². The van der Waals surface area contributed by atoms with Crippen molar-refractivity contribution >= 4 is 30.7 Å². The zero-order valence-corrected chi connectivity index (χ0v) is 16.2. The Balaban J connectivity index is 0.00000242. The second-order valence-corrected chi connectivity index (χ2v) is 7.21. The molecule has 2 rings (SSSR count). The summed E-state index contributed by atoms with van der Waals surface area (Å²) in [6.45, 7) is 12.0. The van der Waals surface area contributed by atoms with Crippen LogP contribution in [0.3, 0.4) is 0 Å². The van der Waals surface area contributed by atoms with Crippen molar-refractivity contribution in [3.63, 3.8) is 0 Å². The molecule has 2 saturated heterocycles. The largest absolute Gasteiger partial charge is 0.378 e. The van der Waals surface area contributed by atoms with E-state index in [-0.39, 0.29) is 42.3 Å². The second kappa shape index (κ2) is 10.7. The highest BCUT2D eigenvalue weighted by Crippen LogP contribution is 2.23. The number of rotatable bonds is 5. The maximum Gasteiger partial charge on any atom is 0.221 e. The lowest BCUT2D eigenvalue weighted by Gasteiger charge is -2.43. The lowest BCUT2D eigenvalue weighted by atomic mass is 9.93. The maximum atomic E-state index is 12.1. The van der Waals surface area contributed by atoms with Crippen molar-refractivity contribution in [3.8, 4) is 0 Å². The Morgan fingerprint density at radius 2 is 2.13 bits per heavy atom. The van der Waals surface area contributed by atoms with E-state index >= 15 is 0 Å². The minimum atomic E-state index is 0. The lowest BCUT2D eigenvalue weighted by molar-refractivity contribution is -0.123. The fraction of sp³-hybridized carbons (Fsp3) is 0.938. The van der Waals surface area contributed by atoms with Crippen molar-refractivity contribution in [3.05, 3.63) is 0 Å². The highest BCUT2D eigenvalue weighted by molar-refractivity contribution is 5.85. The number of nitrogens with one attached hydrogen (secondary N) is 2. The number of piperidine rings is 1. The number of ether oxygens (including phenoxy) is 1. The van der Waals surface area contributed by atoms with Crippen molar-refractivity contribution in [2.24, 2.45) is 5.92 Å². The smallest absolute Gasteiger partial charge is 0.221 e. The summed E-state index contributed by atoms with van der Waals surface area (Å²) in [7, 11) is 0. The maximum absolute atomic E-state index is 12.1. The van der Waals surface area contributed by atoms with Gasteiger partial charge >= 0.3 is 0 Å². The molecule has 138 valence electrons. The molecule has 0 bridgehead atoms. The highest BCUT2D eigenvalue weighted by Gasteiger charge is 2.30. The molecule has 23 heavy (non-hydrogen) atoms. The van der Waals surface area contributed by atoms with Gasteiger partial charge < -0.3 is 15.4 Å². The van der Waals surface area contributed by atoms with Crippen LogP contribution in [0.2, 0.25) is 0 Å². The average molecular weight is 370 g/mol. The van der Waals surface area contributed by atoms with Gasteiger partial charge in [0.2, 0.25) is 5.91 Å². The summed E-state index contributed by atoms with van der Waals surface area (Å²) in [5.41, 5.74) is 0.0286. The van der Waals surface area contributed by atoms with E-state index in [2.05, 4.69) is 36.3 Å². The van der Waals surface area contributed by atoms with E-state index in [0.717, 1.165) is 32.2 Å². The number of morpholine rings is 1. The van der Waals surface area contributed by atoms with Crippen LogP contribution >= 0.6 is 24.8 Å². The molecule has 0 radical (unpaired) electrons. The molecule has 0 aromatic carbocycles. The van der Waals surface area contributed by atoms with Gasteiger partial charge in [-0.25, -0.2) is 0 Å². The van der Waals surface area contributed by atoms with Crippen LogP contribution in [0.5, 0.6) is 0 Å². The summed E-state index contributed by atoms with van der Waals surface area (Å²) in [6.07, 6.45) is 3.10. The standard InChI is InChI=1S/C16H31N3O2.2ClH/c1-13-5-4-7-19(10-13)16(2,3)12-18-15(20)9-14-11-21-8-6-17-14;;/h13-14,17H,4-12H2,1-3H3,(H,18,20);2*1H. The van der Waals surface area contributed by atoms with E-state index in [9.17, 15) is 4.79 Å². The number of likely N-dealkylation sites (tertiary alicyclic amines) is 1. The van der Waals surface area contributed by atoms with Crippen molar-refractivity contribution < 1.29 is 9.53 Å². The van der Waals surface area contributed by atoms with Gasteiger partial charge in [-0.05, 0) is 39.2 Å². The Hall–Kier alpha value is -0.0700. The third-order valence-electron chi connectivity index (χ3n) is 4.66. The third kappa shape index (κ3) is 7.57. The number of hydrogen-bond acceptors (Lipinski definition) is 4. The molecule has 0 aromatic heterocycles. The van der Waals surface area contributed by atoms with Gasteiger partial charge in [0.05, 0.1) is 13.2 Å². The van der Waals surface area contributed by atoms with Gasteiger partial charge in [0, 0.05) is 37.6 Å². The van der Waals surface area contributed by atoms with Crippen molar-refractivity contribution in [2.45, 2.75) is 51.6 Å². The van der Waals surface area contributed by atoms with Gasteiger partial charge in [0.25, 0.3) is 0 Å². The molecule has 2 fully saturated rings. The molecular formula is C16H33Cl2N3O2. The van der Waals surface area contributed by atoms with Crippen LogP contribution in [0, 0.1) is 5.92 Å². The fourth-order valence-electron chi connectivity index (χ4n) is 3.21. The normalized spacial score (nSPS) is 25.9. The van der Waals surface area contributed by atoms with Crippen LogP contribution in [0.25, 0.3) is 0 Å². The predicted octanol–water partition coefficient (Wildman–Crippen LogP) is 1.84.